The topological polar surface area (TPSA) is 47.4 Å². The molecule has 0 unspecified atom stereocenters. The summed E-state index contributed by atoms with van der Waals surface area (Å²) in [5.41, 5.74) is 3.91. The molecule has 0 N–H and O–H groups in total. The third-order valence-corrected chi connectivity index (χ3v) is 4.09. The third-order valence-electron chi connectivity index (χ3n) is 4.09. The molecule has 1 aromatic heterocycles. The number of hydrogen-bond donors (Lipinski definition) is 0. The van der Waals surface area contributed by atoms with Crippen LogP contribution in [0.5, 0.6) is 5.75 Å². The third kappa shape index (κ3) is 4.51. The summed E-state index contributed by atoms with van der Waals surface area (Å²) in [6.45, 7) is 3.05. The first kappa shape index (κ1) is 17.7. The zero-order valence-corrected chi connectivity index (χ0v) is 15.3. The van der Waals surface area contributed by atoms with Crippen molar-refractivity contribution >= 4 is 5.91 Å². The summed E-state index contributed by atoms with van der Waals surface area (Å²) >= 11 is 0. The number of rotatable bonds is 6. The van der Waals surface area contributed by atoms with Gasteiger partial charge in [-0.1, -0.05) is 35.9 Å². The van der Waals surface area contributed by atoms with Gasteiger partial charge in [0.15, 0.2) is 0 Å². The van der Waals surface area contributed by atoms with Crippen LogP contribution in [0.3, 0.4) is 0 Å². The maximum absolute atomic E-state index is 12.7. The fourth-order valence-electron chi connectivity index (χ4n) is 2.81. The molecule has 0 saturated heterocycles. The minimum absolute atomic E-state index is 0.0464. The molecular formula is C21H23N3O2. The van der Waals surface area contributed by atoms with Crippen molar-refractivity contribution in [1.82, 2.24) is 14.7 Å². The van der Waals surface area contributed by atoms with Crippen LogP contribution in [0.2, 0.25) is 0 Å². The van der Waals surface area contributed by atoms with Gasteiger partial charge >= 0.3 is 0 Å². The molecular weight excluding hydrogens is 326 g/mol. The van der Waals surface area contributed by atoms with Crippen LogP contribution < -0.4 is 4.74 Å². The van der Waals surface area contributed by atoms with Crippen LogP contribution in [0.4, 0.5) is 0 Å². The highest BCUT2D eigenvalue weighted by molar-refractivity contribution is 5.94. The second-order valence-corrected chi connectivity index (χ2v) is 6.49. The van der Waals surface area contributed by atoms with Crippen LogP contribution in [0.1, 0.15) is 27.0 Å². The molecule has 1 amide bonds. The van der Waals surface area contributed by atoms with Gasteiger partial charge in [0.25, 0.3) is 5.91 Å². The van der Waals surface area contributed by atoms with E-state index in [4.69, 9.17) is 4.74 Å². The van der Waals surface area contributed by atoms with E-state index in [1.807, 2.05) is 43.6 Å². The number of aryl methyl sites for hydroxylation is 2. The standard InChI is InChI=1S/C21H23N3O2/c1-16-6-4-7-17(10-16)15-26-20-9-5-8-19(11-20)21(25)23(2)13-18-12-22-24(3)14-18/h4-12,14H,13,15H2,1-3H3. The minimum atomic E-state index is -0.0464. The Hall–Kier alpha value is -3.08. The summed E-state index contributed by atoms with van der Waals surface area (Å²) in [5, 5.41) is 4.13. The molecule has 3 aromatic rings. The number of carbonyl (C=O) groups excluding carboxylic acids is 1. The Balaban J connectivity index is 1.65. The molecule has 5 nitrogen and oxygen atoms in total. The molecule has 0 saturated carbocycles. The van der Waals surface area contributed by atoms with Crippen molar-refractivity contribution in [3.63, 3.8) is 0 Å². The fraction of sp³-hybridized carbons (Fsp3) is 0.238. The Morgan fingerprint density at radius 3 is 2.69 bits per heavy atom. The predicted octanol–water partition coefficient (Wildman–Crippen LogP) is 3.58. The highest BCUT2D eigenvalue weighted by Gasteiger charge is 2.13. The molecule has 0 aliphatic heterocycles. The van der Waals surface area contributed by atoms with E-state index in [9.17, 15) is 4.79 Å². The smallest absolute Gasteiger partial charge is 0.254 e. The molecule has 26 heavy (non-hydrogen) atoms. The molecule has 0 aliphatic carbocycles. The normalized spacial score (nSPS) is 10.6. The Bertz CT molecular complexity index is 902. The Kier molecular flexibility index (Phi) is 5.37. The van der Waals surface area contributed by atoms with Crippen molar-refractivity contribution in [2.75, 3.05) is 7.05 Å². The van der Waals surface area contributed by atoms with Crippen LogP contribution in [0, 0.1) is 6.92 Å². The summed E-state index contributed by atoms with van der Waals surface area (Å²) in [6.07, 6.45) is 3.68. The van der Waals surface area contributed by atoms with E-state index in [0.29, 0.717) is 24.5 Å². The average Bonchev–Trinajstić information content (AvgIpc) is 3.04. The van der Waals surface area contributed by atoms with Gasteiger partial charge in [-0.2, -0.15) is 5.10 Å². The van der Waals surface area contributed by atoms with Gasteiger partial charge in [-0.25, -0.2) is 0 Å². The number of aromatic nitrogens is 2. The zero-order valence-electron chi connectivity index (χ0n) is 15.3. The summed E-state index contributed by atoms with van der Waals surface area (Å²) in [4.78, 5) is 14.3. The van der Waals surface area contributed by atoms with Crippen molar-refractivity contribution < 1.29 is 9.53 Å². The lowest BCUT2D eigenvalue weighted by molar-refractivity contribution is 0.0784. The van der Waals surface area contributed by atoms with Crippen molar-refractivity contribution in [2.45, 2.75) is 20.1 Å². The van der Waals surface area contributed by atoms with Crippen molar-refractivity contribution in [1.29, 1.82) is 0 Å². The number of benzene rings is 2. The van der Waals surface area contributed by atoms with Gasteiger partial charge in [0.2, 0.25) is 0 Å². The Morgan fingerprint density at radius 2 is 1.96 bits per heavy atom. The number of ether oxygens (including phenoxy) is 1. The number of nitrogens with zero attached hydrogens (tertiary/aromatic N) is 3. The molecule has 0 aliphatic rings. The van der Waals surface area contributed by atoms with E-state index in [0.717, 1.165) is 11.1 Å². The zero-order chi connectivity index (χ0) is 18.5. The second-order valence-electron chi connectivity index (χ2n) is 6.49. The molecule has 0 spiro atoms. The number of carbonyl (C=O) groups is 1. The first-order valence-corrected chi connectivity index (χ1v) is 8.52. The highest BCUT2D eigenvalue weighted by Crippen LogP contribution is 2.17. The van der Waals surface area contributed by atoms with Crippen LogP contribution >= 0.6 is 0 Å². The molecule has 5 heteroatoms. The van der Waals surface area contributed by atoms with Crippen LogP contribution in [0.25, 0.3) is 0 Å². The average molecular weight is 349 g/mol. The minimum Gasteiger partial charge on any atom is -0.489 e. The summed E-state index contributed by atoms with van der Waals surface area (Å²) in [7, 11) is 3.65. The quantitative estimate of drug-likeness (QED) is 0.683. The largest absolute Gasteiger partial charge is 0.489 e. The van der Waals surface area contributed by atoms with Crippen molar-refractivity contribution in [3.05, 3.63) is 83.2 Å². The maximum Gasteiger partial charge on any atom is 0.254 e. The van der Waals surface area contributed by atoms with Gasteiger partial charge in [0, 0.05) is 38.0 Å². The van der Waals surface area contributed by atoms with Gasteiger partial charge in [-0.05, 0) is 30.7 Å². The monoisotopic (exact) mass is 349 g/mol. The fourth-order valence-corrected chi connectivity index (χ4v) is 2.81. The van der Waals surface area contributed by atoms with Gasteiger partial charge in [-0.3, -0.25) is 9.48 Å². The summed E-state index contributed by atoms with van der Waals surface area (Å²) < 4.78 is 7.58. The number of hydrogen-bond acceptors (Lipinski definition) is 3. The van der Waals surface area contributed by atoms with Gasteiger partial charge in [0.05, 0.1) is 6.20 Å². The highest BCUT2D eigenvalue weighted by atomic mass is 16.5. The predicted molar refractivity (Wildman–Crippen MR) is 101 cm³/mol. The molecule has 0 fully saturated rings. The lowest BCUT2D eigenvalue weighted by atomic mass is 10.1. The van der Waals surface area contributed by atoms with E-state index >= 15 is 0 Å². The summed E-state index contributed by atoms with van der Waals surface area (Å²) in [5.74, 6) is 0.641. The maximum atomic E-state index is 12.7. The first-order valence-electron chi connectivity index (χ1n) is 8.52. The lowest BCUT2D eigenvalue weighted by Gasteiger charge is -2.17. The summed E-state index contributed by atoms with van der Waals surface area (Å²) in [6, 6.07) is 15.5. The molecule has 134 valence electrons. The van der Waals surface area contributed by atoms with Crippen LogP contribution in [-0.4, -0.2) is 27.6 Å². The first-order chi connectivity index (χ1) is 12.5. The molecule has 3 rings (SSSR count). The Morgan fingerprint density at radius 1 is 1.15 bits per heavy atom. The van der Waals surface area contributed by atoms with E-state index in [1.54, 1.807) is 28.9 Å². The van der Waals surface area contributed by atoms with Crippen molar-refractivity contribution in [3.8, 4) is 5.75 Å². The molecule has 0 radical (unpaired) electrons. The van der Waals surface area contributed by atoms with Gasteiger partial charge < -0.3 is 9.64 Å². The van der Waals surface area contributed by atoms with E-state index in [-0.39, 0.29) is 5.91 Å². The van der Waals surface area contributed by atoms with E-state index < -0.39 is 0 Å². The molecule has 2 aromatic carbocycles. The molecule has 1 heterocycles. The Labute approximate surface area is 153 Å². The molecule has 0 atom stereocenters. The second kappa shape index (κ2) is 7.87. The SMILES string of the molecule is Cc1cccc(COc2cccc(C(=O)N(C)Cc3cnn(C)c3)c2)c1. The molecule has 0 bridgehead atoms. The van der Waals surface area contributed by atoms with Crippen molar-refractivity contribution in [2.24, 2.45) is 7.05 Å². The lowest BCUT2D eigenvalue weighted by Crippen LogP contribution is -2.26. The van der Waals surface area contributed by atoms with Crippen LogP contribution in [0.15, 0.2) is 60.9 Å². The number of amides is 1. The van der Waals surface area contributed by atoms with E-state index in [1.165, 1.54) is 5.56 Å². The van der Waals surface area contributed by atoms with Crippen LogP contribution in [-0.2, 0) is 20.2 Å². The van der Waals surface area contributed by atoms with Gasteiger partial charge in [0.1, 0.15) is 12.4 Å². The van der Waals surface area contributed by atoms with E-state index in [2.05, 4.69) is 24.2 Å². The van der Waals surface area contributed by atoms with Gasteiger partial charge in [-0.15, -0.1) is 0 Å².